The van der Waals surface area contributed by atoms with Crippen molar-refractivity contribution in [3.8, 4) is 11.5 Å². The summed E-state index contributed by atoms with van der Waals surface area (Å²) in [7, 11) is 0. The van der Waals surface area contributed by atoms with Crippen molar-refractivity contribution in [2.24, 2.45) is 11.5 Å². The number of nitrogen functional groups attached to an aromatic ring is 2. The van der Waals surface area contributed by atoms with E-state index in [1.807, 2.05) is 24.3 Å². The van der Waals surface area contributed by atoms with Gasteiger partial charge in [-0.2, -0.15) is 0 Å². The molecule has 154 valence electrons. The van der Waals surface area contributed by atoms with E-state index in [9.17, 15) is 4.79 Å². The normalized spacial score (nSPS) is 10.7. The third-order valence-electron chi connectivity index (χ3n) is 4.95. The number of pyridine rings is 1. The lowest BCUT2D eigenvalue weighted by molar-refractivity contribution is 0.484. The first-order valence-corrected chi connectivity index (χ1v) is 9.60. The van der Waals surface area contributed by atoms with E-state index in [1.165, 1.54) is 6.07 Å². The van der Waals surface area contributed by atoms with Crippen LogP contribution in [0.25, 0.3) is 10.9 Å². The second kappa shape index (κ2) is 8.16. The molecule has 0 aliphatic heterocycles. The predicted molar refractivity (Wildman–Crippen MR) is 122 cm³/mol. The average molecular weight is 411 g/mol. The van der Waals surface area contributed by atoms with Crippen LogP contribution < -0.4 is 21.8 Å². The van der Waals surface area contributed by atoms with Gasteiger partial charge in [0.2, 0.25) is 0 Å². The van der Waals surface area contributed by atoms with Crippen LogP contribution >= 0.6 is 0 Å². The number of hydrogen-bond acceptors (Lipinski definition) is 4. The van der Waals surface area contributed by atoms with Gasteiger partial charge in [-0.3, -0.25) is 15.6 Å². The largest absolute Gasteiger partial charge is 0.455 e. The number of amidine groups is 2. The summed E-state index contributed by atoms with van der Waals surface area (Å²) >= 11 is 0. The molecule has 7 heteroatoms. The quantitative estimate of drug-likeness (QED) is 0.286. The molecule has 0 fully saturated rings. The predicted octanol–water partition coefficient (Wildman–Crippen LogP) is 3.41. The van der Waals surface area contributed by atoms with Crippen LogP contribution in [0.4, 0.5) is 0 Å². The SMILES string of the molecule is N=C(N)c1ccc(Cn2c(=O)ccc3cccc(Oc4cccc(C(=N)N)c4)c32)cc1. The third-order valence-corrected chi connectivity index (χ3v) is 4.95. The number of benzene rings is 3. The Hall–Kier alpha value is -4.39. The van der Waals surface area contributed by atoms with Gasteiger partial charge in [0, 0.05) is 22.6 Å². The van der Waals surface area contributed by atoms with Gasteiger partial charge in [0.1, 0.15) is 17.4 Å². The number of rotatable bonds is 6. The molecule has 1 heterocycles. The Morgan fingerprint density at radius 1 is 0.839 bits per heavy atom. The van der Waals surface area contributed by atoms with Crippen LogP contribution in [0.5, 0.6) is 11.5 Å². The van der Waals surface area contributed by atoms with Gasteiger partial charge < -0.3 is 20.8 Å². The lowest BCUT2D eigenvalue weighted by atomic mass is 10.1. The minimum atomic E-state index is -0.156. The summed E-state index contributed by atoms with van der Waals surface area (Å²) in [6.07, 6.45) is 0. The van der Waals surface area contributed by atoms with Gasteiger partial charge in [0.25, 0.3) is 5.56 Å². The lowest BCUT2D eigenvalue weighted by Crippen LogP contribution is -2.20. The first-order valence-electron chi connectivity index (χ1n) is 9.60. The molecule has 0 spiro atoms. The van der Waals surface area contributed by atoms with Crippen molar-refractivity contribution in [3.63, 3.8) is 0 Å². The number of fused-ring (bicyclic) bond motifs is 1. The molecular formula is C24H21N5O2. The molecule has 0 amide bonds. The van der Waals surface area contributed by atoms with E-state index in [2.05, 4.69) is 0 Å². The Morgan fingerprint density at radius 2 is 1.55 bits per heavy atom. The minimum Gasteiger partial charge on any atom is -0.455 e. The maximum absolute atomic E-state index is 12.8. The molecule has 0 saturated carbocycles. The molecule has 3 aromatic carbocycles. The number of aromatic nitrogens is 1. The van der Waals surface area contributed by atoms with Crippen molar-refractivity contribution in [1.82, 2.24) is 4.57 Å². The fraction of sp³-hybridized carbons (Fsp3) is 0.0417. The molecule has 31 heavy (non-hydrogen) atoms. The first-order chi connectivity index (χ1) is 14.9. The van der Waals surface area contributed by atoms with Crippen LogP contribution in [-0.2, 0) is 6.54 Å². The summed E-state index contributed by atoms with van der Waals surface area (Å²) in [4.78, 5) is 12.8. The topological polar surface area (TPSA) is 131 Å². The lowest BCUT2D eigenvalue weighted by Gasteiger charge is -2.15. The first kappa shape index (κ1) is 19.9. The molecule has 0 bridgehead atoms. The molecule has 0 unspecified atom stereocenters. The summed E-state index contributed by atoms with van der Waals surface area (Å²) < 4.78 is 7.76. The van der Waals surface area contributed by atoms with Crippen LogP contribution in [0.3, 0.4) is 0 Å². The molecule has 0 atom stereocenters. The molecule has 0 radical (unpaired) electrons. The number of hydrogen-bond donors (Lipinski definition) is 4. The molecule has 4 aromatic rings. The second-order valence-corrected chi connectivity index (χ2v) is 7.11. The van der Waals surface area contributed by atoms with E-state index in [0.717, 1.165) is 10.9 Å². The standard InChI is InChI=1S/C24H21N5O2/c25-23(26)17-9-7-15(8-10-17)14-29-21(30)12-11-16-3-2-6-20(22(16)29)31-19-5-1-4-18(13-19)24(27)28/h1-13H,14H2,(H3,25,26)(H3,27,28). The van der Waals surface area contributed by atoms with Gasteiger partial charge in [-0.15, -0.1) is 0 Å². The van der Waals surface area contributed by atoms with E-state index in [4.69, 9.17) is 27.0 Å². The van der Waals surface area contributed by atoms with Crippen molar-refractivity contribution in [1.29, 1.82) is 10.8 Å². The monoisotopic (exact) mass is 411 g/mol. The van der Waals surface area contributed by atoms with Gasteiger partial charge in [-0.25, -0.2) is 0 Å². The average Bonchev–Trinajstić information content (AvgIpc) is 2.76. The number of nitrogens with one attached hydrogen (secondary N) is 2. The fourth-order valence-electron chi connectivity index (χ4n) is 3.39. The third kappa shape index (κ3) is 4.16. The summed E-state index contributed by atoms with van der Waals surface area (Å²) in [5, 5.41) is 16.0. The zero-order valence-electron chi connectivity index (χ0n) is 16.6. The van der Waals surface area contributed by atoms with E-state index < -0.39 is 0 Å². The molecular weight excluding hydrogens is 390 g/mol. The highest BCUT2D eigenvalue weighted by molar-refractivity contribution is 5.95. The number of nitrogens with two attached hydrogens (primary N) is 2. The Balaban J connectivity index is 1.78. The number of ether oxygens (including phenoxy) is 1. The molecule has 0 saturated heterocycles. The zero-order valence-corrected chi connectivity index (χ0v) is 16.6. The van der Waals surface area contributed by atoms with Gasteiger partial charge in [-0.05, 0) is 29.8 Å². The fourth-order valence-corrected chi connectivity index (χ4v) is 3.39. The Kier molecular flexibility index (Phi) is 5.24. The second-order valence-electron chi connectivity index (χ2n) is 7.11. The van der Waals surface area contributed by atoms with E-state index in [1.54, 1.807) is 53.1 Å². The highest BCUT2D eigenvalue weighted by atomic mass is 16.5. The molecule has 6 N–H and O–H groups in total. The number of nitrogens with zero attached hydrogens (tertiary/aromatic N) is 1. The van der Waals surface area contributed by atoms with Crippen LogP contribution in [0.2, 0.25) is 0 Å². The molecule has 7 nitrogen and oxygen atoms in total. The summed E-state index contributed by atoms with van der Waals surface area (Å²) in [5.74, 6) is 0.997. The summed E-state index contributed by atoms with van der Waals surface area (Å²) in [6, 6.07) is 23.1. The maximum atomic E-state index is 12.8. The van der Waals surface area contributed by atoms with Gasteiger partial charge in [0.15, 0.2) is 5.75 Å². The minimum absolute atomic E-state index is 0.00245. The van der Waals surface area contributed by atoms with E-state index in [-0.39, 0.29) is 17.2 Å². The van der Waals surface area contributed by atoms with E-state index >= 15 is 0 Å². The van der Waals surface area contributed by atoms with Crippen LogP contribution in [-0.4, -0.2) is 16.2 Å². The molecule has 1 aromatic heterocycles. The van der Waals surface area contributed by atoms with Crippen molar-refractivity contribution < 1.29 is 4.74 Å². The van der Waals surface area contributed by atoms with Crippen LogP contribution in [0, 0.1) is 10.8 Å². The van der Waals surface area contributed by atoms with Crippen molar-refractivity contribution in [3.05, 3.63) is 106 Å². The molecule has 0 aliphatic rings. The van der Waals surface area contributed by atoms with Crippen LogP contribution in [0.1, 0.15) is 16.7 Å². The Labute approximate surface area is 178 Å². The Bertz CT molecular complexity index is 1360. The highest BCUT2D eigenvalue weighted by Gasteiger charge is 2.11. The van der Waals surface area contributed by atoms with Crippen molar-refractivity contribution in [2.75, 3.05) is 0 Å². The maximum Gasteiger partial charge on any atom is 0.251 e. The zero-order chi connectivity index (χ0) is 22.0. The summed E-state index contributed by atoms with van der Waals surface area (Å²) in [6.45, 7) is 0.336. The number of para-hydroxylation sites is 1. The molecule has 4 rings (SSSR count). The summed E-state index contributed by atoms with van der Waals surface area (Å²) in [5.41, 5.74) is 13.7. The van der Waals surface area contributed by atoms with Crippen molar-refractivity contribution in [2.45, 2.75) is 6.54 Å². The highest BCUT2D eigenvalue weighted by Crippen LogP contribution is 2.30. The van der Waals surface area contributed by atoms with Crippen LogP contribution in [0.15, 0.2) is 83.7 Å². The Morgan fingerprint density at radius 3 is 2.26 bits per heavy atom. The molecule has 0 aliphatic carbocycles. The van der Waals surface area contributed by atoms with E-state index in [0.29, 0.717) is 34.7 Å². The van der Waals surface area contributed by atoms with Crippen molar-refractivity contribution >= 4 is 22.6 Å². The van der Waals surface area contributed by atoms with Gasteiger partial charge in [0.05, 0.1) is 12.1 Å². The van der Waals surface area contributed by atoms with Gasteiger partial charge >= 0.3 is 0 Å². The van der Waals surface area contributed by atoms with Gasteiger partial charge in [-0.1, -0.05) is 48.5 Å². The smallest absolute Gasteiger partial charge is 0.251 e.